The summed E-state index contributed by atoms with van der Waals surface area (Å²) in [5.74, 6) is -2.70. The van der Waals surface area contributed by atoms with E-state index in [4.69, 9.17) is 9.47 Å². The molecule has 1 aromatic heterocycles. The topological polar surface area (TPSA) is 56.6 Å². The number of hydrogen-bond donors (Lipinski definition) is 0. The summed E-state index contributed by atoms with van der Waals surface area (Å²) in [6.07, 6.45) is 0. The van der Waals surface area contributed by atoms with Crippen LogP contribution in [0.4, 0.5) is 19.0 Å². The van der Waals surface area contributed by atoms with Gasteiger partial charge in [-0.3, -0.25) is 4.57 Å². The summed E-state index contributed by atoms with van der Waals surface area (Å²) in [6, 6.07) is 2.84. The van der Waals surface area contributed by atoms with E-state index >= 15 is 0 Å². The molecule has 0 radical (unpaired) electrons. The molecule has 132 valence electrons. The lowest BCUT2D eigenvalue weighted by Crippen LogP contribution is -2.43. The normalized spacial score (nSPS) is 18.8. The number of morpholine rings is 1. The quantitative estimate of drug-likeness (QED) is 0.782. The molecule has 2 aromatic rings. The largest absolute Gasteiger partial charge is 0.472 e. The number of aromatic nitrogens is 2. The minimum atomic E-state index is -1.27. The van der Waals surface area contributed by atoms with Crippen molar-refractivity contribution in [2.24, 2.45) is 0 Å². The van der Waals surface area contributed by atoms with Gasteiger partial charge in [0.05, 0.1) is 25.8 Å². The number of fused-ring (bicyclic) bond motifs is 3. The van der Waals surface area contributed by atoms with Crippen molar-refractivity contribution in [1.29, 1.82) is 0 Å². The average Bonchev–Trinajstić information content (AvgIpc) is 2.96. The van der Waals surface area contributed by atoms with E-state index in [-0.39, 0.29) is 24.1 Å². The molecule has 0 saturated carbocycles. The monoisotopic (exact) mass is 353 g/mol. The van der Waals surface area contributed by atoms with Crippen LogP contribution in [-0.4, -0.2) is 35.4 Å². The Balaban J connectivity index is 1.58. The zero-order valence-electron chi connectivity index (χ0n) is 13.0. The fourth-order valence-electron chi connectivity index (χ4n) is 3.10. The molecule has 0 spiro atoms. The zero-order chi connectivity index (χ0) is 17.6. The second kappa shape index (κ2) is 6.07. The molecule has 6 nitrogen and oxygen atoms in total. The van der Waals surface area contributed by atoms with Gasteiger partial charge >= 0.3 is 5.69 Å². The van der Waals surface area contributed by atoms with Crippen molar-refractivity contribution >= 4 is 5.82 Å². The molecule has 1 saturated heterocycles. The minimum absolute atomic E-state index is 0.00697. The maximum Gasteiger partial charge on any atom is 0.352 e. The summed E-state index contributed by atoms with van der Waals surface area (Å²) in [5, 5.41) is 0. The molecule has 2 aliphatic heterocycles. The second-order valence-corrected chi connectivity index (χ2v) is 5.91. The van der Waals surface area contributed by atoms with Crippen LogP contribution in [-0.2, 0) is 17.9 Å². The van der Waals surface area contributed by atoms with Crippen LogP contribution in [0.3, 0.4) is 0 Å². The van der Waals surface area contributed by atoms with Gasteiger partial charge in [-0.1, -0.05) is 0 Å². The van der Waals surface area contributed by atoms with Crippen LogP contribution in [0.2, 0.25) is 0 Å². The Morgan fingerprint density at radius 3 is 2.84 bits per heavy atom. The average molecular weight is 353 g/mol. The first kappa shape index (κ1) is 15.9. The number of rotatable bonds is 3. The van der Waals surface area contributed by atoms with E-state index in [1.165, 1.54) is 4.57 Å². The molecular weight excluding hydrogens is 339 g/mol. The van der Waals surface area contributed by atoms with E-state index in [1.54, 1.807) is 6.07 Å². The van der Waals surface area contributed by atoms with Crippen LogP contribution in [0, 0.1) is 17.5 Å². The number of hydrogen-bond acceptors (Lipinski definition) is 5. The summed E-state index contributed by atoms with van der Waals surface area (Å²) >= 11 is 0. The Morgan fingerprint density at radius 2 is 2.00 bits per heavy atom. The molecule has 0 unspecified atom stereocenters. The Kier molecular flexibility index (Phi) is 3.87. The molecule has 0 N–H and O–H groups in total. The second-order valence-electron chi connectivity index (χ2n) is 5.91. The molecule has 0 amide bonds. The summed E-state index contributed by atoms with van der Waals surface area (Å²) in [7, 11) is 0. The van der Waals surface area contributed by atoms with Crippen molar-refractivity contribution in [3.8, 4) is 5.88 Å². The van der Waals surface area contributed by atoms with E-state index in [1.807, 2.05) is 4.90 Å². The van der Waals surface area contributed by atoms with Gasteiger partial charge in [-0.05, 0) is 6.07 Å². The maximum absolute atomic E-state index is 13.7. The van der Waals surface area contributed by atoms with Gasteiger partial charge < -0.3 is 14.4 Å². The first-order valence-electron chi connectivity index (χ1n) is 7.75. The van der Waals surface area contributed by atoms with Gasteiger partial charge in [-0.15, -0.1) is 0 Å². The highest BCUT2D eigenvalue weighted by molar-refractivity contribution is 5.47. The van der Waals surface area contributed by atoms with Crippen molar-refractivity contribution < 1.29 is 22.6 Å². The minimum Gasteiger partial charge on any atom is -0.472 e. The standard InChI is InChI=1S/C16H14F3N3O3/c17-11-4-13(19)12(18)3-9(11)7-25-14-5-15-21-1-2-24-8-10(21)6-22(15)16(23)20-14/h3-5,10H,1-2,6-8H2/t10-/m0/s1. The lowest BCUT2D eigenvalue weighted by Gasteiger charge is -2.30. The van der Waals surface area contributed by atoms with Gasteiger partial charge in [0.15, 0.2) is 11.6 Å². The third-order valence-electron chi connectivity index (χ3n) is 4.35. The molecule has 3 heterocycles. The summed E-state index contributed by atoms with van der Waals surface area (Å²) in [6.45, 7) is 1.84. The smallest absolute Gasteiger partial charge is 0.352 e. The van der Waals surface area contributed by atoms with Crippen molar-refractivity contribution in [2.75, 3.05) is 24.7 Å². The van der Waals surface area contributed by atoms with Crippen molar-refractivity contribution in [1.82, 2.24) is 9.55 Å². The number of halogens is 3. The Hall–Kier alpha value is -2.55. The van der Waals surface area contributed by atoms with E-state index in [9.17, 15) is 18.0 Å². The molecular formula is C16H14F3N3O3. The molecule has 25 heavy (non-hydrogen) atoms. The van der Waals surface area contributed by atoms with Crippen LogP contribution in [0.1, 0.15) is 5.56 Å². The van der Waals surface area contributed by atoms with E-state index in [0.29, 0.717) is 38.2 Å². The number of benzene rings is 1. The first-order chi connectivity index (χ1) is 12.0. The number of anilines is 1. The van der Waals surface area contributed by atoms with Gasteiger partial charge in [-0.25, -0.2) is 18.0 Å². The van der Waals surface area contributed by atoms with Crippen LogP contribution in [0.25, 0.3) is 0 Å². The Morgan fingerprint density at radius 1 is 1.20 bits per heavy atom. The highest BCUT2D eigenvalue weighted by Gasteiger charge is 2.33. The van der Waals surface area contributed by atoms with E-state index < -0.39 is 23.1 Å². The fraction of sp³-hybridized carbons (Fsp3) is 0.375. The molecule has 4 rings (SSSR count). The van der Waals surface area contributed by atoms with Crippen molar-refractivity contribution in [2.45, 2.75) is 19.2 Å². The molecule has 0 bridgehead atoms. The van der Waals surface area contributed by atoms with Crippen LogP contribution in [0.15, 0.2) is 23.0 Å². The lowest BCUT2D eigenvalue weighted by molar-refractivity contribution is 0.0956. The summed E-state index contributed by atoms with van der Waals surface area (Å²) in [4.78, 5) is 18.0. The van der Waals surface area contributed by atoms with Crippen LogP contribution in [0.5, 0.6) is 5.88 Å². The fourth-order valence-corrected chi connectivity index (χ4v) is 3.10. The number of ether oxygens (including phenoxy) is 2. The highest BCUT2D eigenvalue weighted by Crippen LogP contribution is 2.28. The van der Waals surface area contributed by atoms with Crippen LogP contribution < -0.4 is 15.3 Å². The third kappa shape index (κ3) is 2.84. The highest BCUT2D eigenvalue weighted by atomic mass is 19.2. The Labute approximate surface area is 140 Å². The van der Waals surface area contributed by atoms with Gasteiger partial charge in [0, 0.05) is 24.2 Å². The molecule has 2 aliphatic rings. The lowest BCUT2D eigenvalue weighted by atomic mass is 10.2. The number of nitrogens with zero attached hydrogens (tertiary/aromatic N) is 3. The SMILES string of the molecule is O=c1nc(OCc2cc(F)c(F)cc2F)cc2n1C[C@H]1COCCN21. The molecule has 1 aromatic carbocycles. The zero-order valence-corrected chi connectivity index (χ0v) is 13.0. The summed E-state index contributed by atoms with van der Waals surface area (Å²) < 4.78 is 52.1. The van der Waals surface area contributed by atoms with Crippen molar-refractivity contribution in [3.63, 3.8) is 0 Å². The van der Waals surface area contributed by atoms with E-state index in [2.05, 4.69) is 4.98 Å². The predicted molar refractivity (Wildman–Crippen MR) is 81.1 cm³/mol. The predicted octanol–water partition coefficient (Wildman–Crippen LogP) is 1.46. The van der Waals surface area contributed by atoms with Gasteiger partial charge in [0.2, 0.25) is 5.88 Å². The third-order valence-corrected chi connectivity index (χ3v) is 4.35. The maximum atomic E-state index is 13.7. The summed E-state index contributed by atoms with van der Waals surface area (Å²) in [5.41, 5.74) is -0.641. The molecule has 9 heteroatoms. The Bertz CT molecular complexity index is 887. The van der Waals surface area contributed by atoms with E-state index in [0.717, 1.165) is 6.07 Å². The van der Waals surface area contributed by atoms with Crippen LogP contribution >= 0.6 is 0 Å². The molecule has 1 atom stereocenters. The van der Waals surface area contributed by atoms with Gasteiger partial charge in [-0.2, -0.15) is 4.98 Å². The van der Waals surface area contributed by atoms with Gasteiger partial charge in [0.25, 0.3) is 0 Å². The molecule has 0 aliphatic carbocycles. The van der Waals surface area contributed by atoms with Crippen molar-refractivity contribution in [3.05, 3.63) is 51.7 Å². The van der Waals surface area contributed by atoms with Gasteiger partial charge in [0.1, 0.15) is 18.2 Å². The first-order valence-corrected chi connectivity index (χ1v) is 7.75. The molecule has 1 fully saturated rings.